The number of likely N-dealkylation sites (N-methyl/N-ethyl adjacent to an activating group) is 1. The van der Waals surface area contributed by atoms with E-state index in [9.17, 15) is 5.11 Å². The van der Waals surface area contributed by atoms with E-state index in [2.05, 4.69) is 10.3 Å². The van der Waals surface area contributed by atoms with E-state index in [1.807, 2.05) is 25.2 Å². The zero-order valence-corrected chi connectivity index (χ0v) is 11.0. The molecule has 1 saturated heterocycles. The number of aromatic nitrogens is 3. The molecule has 1 N–H and O–H groups in total. The van der Waals surface area contributed by atoms with Crippen molar-refractivity contribution in [1.29, 1.82) is 0 Å². The Kier molecular flexibility index (Phi) is 4.28. The lowest BCUT2D eigenvalue weighted by Crippen LogP contribution is -2.44. The van der Waals surface area contributed by atoms with Gasteiger partial charge >= 0.3 is 0 Å². The number of ether oxygens (including phenoxy) is 2. The summed E-state index contributed by atoms with van der Waals surface area (Å²) in [4.78, 5) is 1.98. The van der Waals surface area contributed by atoms with Crippen molar-refractivity contribution in [2.24, 2.45) is 0 Å². The minimum atomic E-state index is -0.452. The highest BCUT2D eigenvalue weighted by atomic mass is 16.5. The van der Waals surface area contributed by atoms with Crippen LogP contribution in [0.25, 0.3) is 0 Å². The van der Waals surface area contributed by atoms with Crippen LogP contribution in [0.4, 0.5) is 0 Å². The molecule has 7 nitrogen and oxygen atoms in total. The summed E-state index contributed by atoms with van der Waals surface area (Å²) >= 11 is 0. The van der Waals surface area contributed by atoms with Crippen molar-refractivity contribution in [2.45, 2.75) is 31.4 Å². The van der Waals surface area contributed by atoms with Crippen LogP contribution in [-0.2, 0) is 22.6 Å². The fourth-order valence-electron chi connectivity index (χ4n) is 2.33. The Morgan fingerprint density at radius 3 is 3.06 bits per heavy atom. The minimum absolute atomic E-state index is 0.0138. The Labute approximate surface area is 106 Å². The summed E-state index contributed by atoms with van der Waals surface area (Å²) in [6, 6.07) is -0.0138. The lowest BCUT2D eigenvalue weighted by molar-refractivity contribution is 0.0600. The molecule has 0 bridgehead atoms. The van der Waals surface area contributed by atoms with Crippen LogP contribution in [0.1, 0.15) is 5.69 Å². The van der Waals surface area contributed by atoms with Gasteiger partial charge in [-0.15, -0.1) is 5.10 Å². The summed E-state index contributed by atoms with van der Waals surface area (Å²) in [7, 11) is 5.50. The van der Waals surface area contributed by atoms with Crippen LogP contribution in [0, 0.1) is 0 Å². The molecule has 18 heavy (non-hydrogen) atoms. The molecule has 0 saturated carbocycles. The summed E-state index contributed by atoms with van der Waals surface area (Å²) in [6.45, 7) is 1.40. The van der Waals surface area contributed by atoms with Gasteiger partial charge in [-0.05, 0) is 14.1 Å². The van der Waals surface area contributed by atoms with Crippen molar-refractivity contribution in [3.8, 4) is 0 Å². The van der Waals surface area contributed by atoms with Crippen LogP contribution in [0.3, 0.4) is 0 Å². The highest BCUT2D eigenvalue weighted by molar-refractivity contribution is 4.93. The van der Waals surface area contributed by atoms with Crippen LogP contribution in [0.5, 0.6) is 0 Å². The molecule has 102 valence electrons. The second-order valence-corrected chi connectivity index (χ2v) is 4.76. The third-order valence-corrected chi connectivity index (χ3v) is 3.10. The molecule has 0 amide bonds. The Hall–Kier alpha value is -1.02. The Morgan fingerprint density at radius 2 is 2.39 bits per heavy atom. The number of aliphatic hydroxyl groups is 1. The van der Waals surface area contributed by atoms with E-state index in [0.29, 0.717) is 19.8 Å². The SMILES string of the molecule is COCc1cn(C[C@H]2OC[C@H](O)[C@H]2N(C)C)nn1. The van der Waals surface area contributed by atoms with Gasteiger partial charge in [-0.1, -0.05) is 5.21 Å². The van der Waals surface area contributed by atoms with Crippen LogP contribution >= 0.6 is 0 Å². The average molecular weight is 256 g/mol. The molecule has 0 unspecified atom stereocenters. The van der Waals surface area contributed by atoms with Gasteiger partial charge in [-0.3, -0.25) is 0 Å². The third-order valence-electron chi connectivity index (χ3n) is 3.10. The molecule has 1 fully saturated rings. The van der Waals surface area contributed by atoms with E-state index < -0.39 is 6.10 Å². The first-order chi connectivity index (χ1) is 8.61. The lowest BCUT2D eigenvalue weighted by atomic mass is 10.1. The number of hydrogen-bond acceptors (Lipinski definition) is 6. The summed E-state index contributed by atoms with van der Waals surface area (Å²) in [6.07, 6.45) is 1.31. The van der Waals surface area contributed by atoms with Gasteiger partial charge in [-0.25, -0.2) is 4.68 Å². The van der Waals surface area contributed by atoms with Crippen molar-refractivity contribution >= 4 is 0 Å². The fourth-order valence-corrected chi connectivity index (χ4v) is 2.33. The predicted molar refractivity (Wildman–Crippen MR) is 64.0 cm³/mol. The van der Waals surface area contributed by atoms with Gasteiger partial charge in [0.15, 0.2) is 0 Å². The zero-order chi connectivity index (χ0) is 13.1. The van der Waals surface area contributed by atoms with Gasteiger partial charge in [-0.2, -0.15) is 0 Å². The van der Waals surface area contributed by atoms with Gasteiger partial charge < -0.3 is 19.5 Å². The molecule has 1 aliphatic rings. The molecular weight excluding hydrogens is 236 g/mol. The number of rotatable bonds is 5. The van der Waals surface area contributed by atoms with Crippen molar-refractivity contribution in [2.75, 3.05) is 27.8 Å². The molecular formula is C11H20N4O3. The van der Waals surface area contributed by atoms with Gasteiger partial charge in [0.05, 0.1) is 44.2 Å². The van der Waals surface area contributed by atoms with E-state index in [0.717, 1.165) is 5.69 Å². The van der Waals surface area contributed by atoms with Crippen LogP contribution < -0.4 is 0 Å². The first-order valence-electron chi connectivity index (χ1n) is 5.96. The summed E-state index contributed by atoms with van der Waals surface area (Å²) in [5, 5.41) is 17.9. The van der Waals surface area contributed by atoms with Crippen LogP contribution in [0.15, 0.2) is 6.20 Å². The van der Waals surface area contributed by atoms with Crippen LogP contribution in [-0.4, -0.2) is 71.1 Å². The lowest BCUT2D eigenvalue weighted by Gasteiger charge is -2.26. The number of nitrogens with zero attached hydrogens (tertiary/aromatic N) is 4. The molecule has 3 atom stereocenters. The fraction of sp³-hybridized carbons (Fsp3) is 0.818. The maximum absolute atomic E-state index is 9.87. The first kappa shape index (κ1) is 13.4. The highest BCUT2D eigenvalue weighted by Crippen LogP contribution is 2.19. The molecule has 7 heteroatoms. The minimum Gasteiger partial charge on any atom is -0.389 e. The molecule has 0 aliphatic carbocycles. The maximum atomic E-state index is 9.87. The maximum Gasteiger partial charge on any atom is 0.108 e. The Balaban J connectivity index is 1.99. The van der Waals surface area contributed by atoms with Gasteiger partial charge in [0.1, 0.15) is 5.69 Å². The molecule has 0 spiro atoms. The quantitative estimate of drug-likeness (QED) is 0.737. The Morgan fingerprint density at radius 1 is 1.61 bits per heavy atom. The number of hydrogen-bond donors (Lipinski definition) is 1. The van der Waals surface area contributed by atoms with E-state index >= 15 is 0 Å². The third kappa shape index (κ3) is 2.86. The van der Waals surface area contributed by atoms with E-state index in [1.165, 1.54) is 0 Å². The number of methoxy groups -OCH3 is 1. The molecule has 1 aromatic heterocycles. The molecule has 1 aliphatic heterocycles. The van der Waals surface area contributed by atoms with Gasteiger partial charge in [0.25, 0.3) is 0 Å². The second-order valence-electron chi connectivity index (χ2n) is 4.76. The molecule has 2 rings (SSSR count). The standard InChI is InChI=1S/C11H20N4O3/c1-14(2)11-9(16)7-18-10(11)5-15-4-8(6-17-3)12-13-15/h4,9-11,16H,5-7H2,1-3H3/t9-,10+,11+/m0/s1. The van der Waals surface area contributed by atoms with E-state index in [4.69, 9.17) is 9.47 Å². The van der Waals surface area contributed by atoms with E-state index in [1.54, 1.807) is 11.8 Å². The number of aliphatic hydroxyl groups excluding tert-OH is 1. The zero-order valence-electron chi connectivity index (χ0n) is 11.0. The first-order valence-corrected chi connectivity index (χ1v) is 5.96. The molecule has 1 aromatic rings. The monoisotopic (exact) mass is 256 g/mol. The van der Waals surface area contributed by atoms with Crippen molar-refractivity contribution in [1.82, 2.24) is 19.9 Å². The van der Waals surface area contributed by atoms with Crippen LogP contribution in [0.2, 0.25) is 0 Å². The largest absolute Gasteiger partial charge is 0.389 e. The summed E-state index contributed by atoms with van der Waals surface area (Å²) < 4.78 is 12.3. The summed E-state index contributed by atoms with van der Waals surface area (Å²) in [5.74, 6) is 0. The van der Waals surface area contributed by atoms with Gasteiger partial charge in [0, 0.05) is 7.11 Å². The molecule has 0 aromatic carbocycles. The van der Waals surface area contributed by atoms with Crippen molar-refractivity contribution in [3.05, 3.63) is 11.9 Å². The van der Waals surface area contributed by atoms with E-state index in [-0.39, 0.29) is 12.1 Å². The molecule has 0 radical (unpaired) electrons. The van der Waals surface area contributed by atoms with Crippen molar-refractivity contribution < 1.29 is 14.6 Å². The van der Waals surface area contributed by atoms with Gasteiger partial charge in [0.2, 0.25) is 0 Å². The normalized spacial score (nSPS) is 28.2. The summed E-state index contributed by atoms with van der Waals surface area (Å²) in [5.41, 5.74) is 0.789. The van der Waals surface area contributed by atoms with Crippen molar-refractivity contribution in [3.63, 3.8) is 0 Å². The Bertz CT molecular complexity index is 382. The average Bonchev–Trinajstić information content (AvgIpc) is 2.87. The highest BCUT2D eigenvalue weighted by Gasteiger charge is 2.37. The second kappa shape index (κ2) is 5.75. The predicted octanol–water partition coefficient (Wildman–Crippen LogP) is -0.886. The topological polar surface area (TPSA) is 72.6 Å². The molecule has 2 heterocycles. The smallest absolute Gasteiger partial charge is 0.108 e.